The van der Waals surface area contributed by atoms with Crippen molar-refractivity contribution in [3.63, 3.8) is 0 Å². The van der Waals surface area contributed by atoms with Gasteiger partial charge in [-0.15, -0.1) is 0 Å². The molecule has 170 valence electrons. The van der Waals surface area contributed by atoms with Crippen molar-refractivity contribution in [2.75, 3.05) is 39.3 Å². The molecule has 2 aromatic rings. The van der Waals surface area contributed by atoms with E-state index >= 15 is 0 Å². The number of rotatable bonds is 9. The lowest BCUT2D eigenvalue weighted by Gasteiger charge is -2.20. The maximum atomic E-state index is 12.6. The molecule has 32 heavy (non-hydrogen) atoms. The van der Waals surface area contributed by atoms with Gasteiger partial charge in [0.1, 0.15) is 17.2 Å². The molecule has 0 aliphatic carbocycles. The summed E-state index contributed by atoms with van der Waals surface area (Å²) >= 11 is 0. The van der Waals surface area contributed by atoms with Gasteiger partial charge in [-0.2, -0.15) is 0 Å². The molecule has 2 N–H and O–H groups in total. The Kier molecular flexibility index (Phi) is 7.54. The van der Waals surface area contributed by atoms with Crippen molar-refractivity contribution < 1.29 is 28.6 Å². The minimum absolute atomic E-state index is 0.0552. The summed E-state index contributed by atoms with van der Waals surface area (Å²) in [4.78, 5) is 38.7. The Morgan fingerprint density at radius 2 is 1.66 bits per heavy atom. The van der Waals surface area contributed by atoms with Crippen LogP contribution in [0.2, 0.25) is 0 Å². The number of anilines is 1. The van der Waals surface area contributed by atoms with E-state index < -0.39 is 5.92 Å². The lowest BCUT2D eigenvalue weighted by molar-refractivity contribution is -0.129. The smallest absolute Gasteiger partial charge is 0.239 e. The SMILES string of the molecule is COc1ccc(CNC(=O)CNC(=O)C2CC(=O)N(c3cc(OC)ccc3OC)C2)cc1. The summed E-state index contributed by atoms with van der Waals surface area (Å²) in [5.74, 6) is 0.410. The van der Waals surface area contributed by atoms with E-state index in [4.69, 9.17) is 14.2 Å². The molecule has 3 rings (SSSR count). The average Bonchev–Trinajstić information content (AvgIpc) is 3.22. The molecule has 1 saturated heterocycles. The monoisotopic (exact) mass is 441 g/mol. The summed E-state index contributed by atoms with van der Waals surface area (Å²) in [5, 5.41) is 5.37. The molecular weight excluding hydrogens is 414 g/mol. The maximum Gasteiger partial charge on any atom is 0.239 e. The molecule has 1 aliphatic rings. The number of nitrogens with one attached hydrogen (secondary N) is 2. The van der Waals surface area contributed by atoms with E-state index in [0.29, 0.717) is 23.7 Å². The number of carbonyl (C=O) groups is 3. The first-order valence-corrected chi connectivity index (χ1v) is 10.1. The molecule has 0 saturated carbocycles. The van der Waals surface area contributed by atoms with Crippen LogP contribution >= 0.6 is 0 Å². The molecule has 0 radical (unpaired) electrons. The third kappa shape index (κ3) is 5.48. The second kappa shape index (κ2) is 10.5. The normalized spacial score (nSPS) is 15.3. The Hall–Kier alpha value is -3.75. The standard InChI is InChI=1S/C23H27N3O6/c1-30-17-6-4-15(5-7-17)12-24-21(27)13-25-23(29)16-10-22(28)26(14-16)19-11-18(31-2)8-9-20(19)32-3/h4-9,11,16H,10,12-14H2,1-3H3,(H,24,27)(H,25,29). The number of nitrogens with zero attached hydrogens (tertiary/aromatic N) is 1. The van der Waals surface area contributed by atoms with E-state index in [1.165, 1.54) is 19.1 Å². The number of methoxy groups -OCH3 is 3. The Morgan fingerprint density at radius 3 is 2.31 bits per heavy atom. The van der Waals surface area contributed by atoms with Crippen LogP contribution in [-0.2, 0) is 20.9 Å². The Bertz CT molecular complexity index is 976. The molecule has 3 amide bonds. The summed E-state index contributed by atoms with van der Waals surface area (Å²) < 4.78 is 15.7. The average molecular weight is 441 g/mol. The molecule has 0 bridgehead atoms. The summed E-state index contributed by atoms with van der Waals surface area (Å²) in [6.45, 7) is 0.369. The number of amides is 3. The molecule has 1 aliphatic heterocycles. The highest BCUT2D eigenvalue weighted by Gasteiger charge is 2.36. The predicted octanol–water partition coefficient (Wildman–Crippen LogP) is 1.50. The van der Waals surface area contributed by atoms with Gasteiger partial charge in [0.2, 0.25) is 17.7 Å². The highest BCUT2D eigenvalue weighted by Crippen LogP contribution is 2.36. The predicted molar refractivity (Wildman–Crippen MR) is 118 cm³/mol. The number of benzene rings is 2. The highest BCUT2D eigenvalue weighted by atomic mass is 16.5. The number of hydrogen-bond donors (Lipinski definition) is 2. The summed E-state index contributed by atoms with van der Waals surface area (Å²) in [5.41, 5.74) is 1.46. The van der Waals surface area contributed by atoms with Crippen molar-refractivity contribution in [2.45, 2.75) is 13.0 Å². The third-order valence-corrected chi connectivity index (χ3v) is 5.24. The third-order valence-electron chi connectivity index (χ3n) is 5.24. The first-order chi connectivity index (χ1) is 15.4. The van der Waals surface area contributed by atoms with Crippen LogP contribution in [0.25, 0.3) is 0 Å². The van der Waals surface area contributed by atoms with E-state index in [9.17, 15) is 14.4 Å². The van der Waals surface area contributed by atoms with E-state index in [2.05, 4.69) is 10.6 Å². The first-order valence-electron chi connectivity index (χ1n) is 10.1. The van der Waals surface area contributed by atoms with Crippen molar-refractivity contribution >= 4 is 23.4 Å². The van der Waals surface area contributed by atoms with Crippen LogP contribution < -0.4 is 29.7 Å². The van der Waals surface area contributed by atoms with Crippen molar-refractivity contribution in [1.29, 1.82) is 0 Å². The van der Waals surface area contributed by atoms with Gasteiger partial charge in [0.15, 0.2) is 0 Å². The lowest BCUT2D eigenvalue weighted by Crippen LogP contribution is -2.40. The van der Waals surface area contributed by atoms with Gasteiger partial charge in [0.05, 0.1) is 39.5 Å². The molecule has 1 atom stereocenters. The fraction of sp³-hybridized carbons (Fsp3) is 0.348. The number of carbonyl (C=O) groups excluding carboxylic acids is 3. The quantitative estimate of drug-likeness (QED) is 0.611. The number of hydrogen-bond acceptors (Lipinski definition) is 6. The zero-order valence-electron chi connectivity index (χ0n) is 18.3. The Morgan fingerprint density at radius 1 is 0.969 bits per heavy atom. The summed E-state index contributed by atoms with van der Waals surface area (Å²) in [7, 11) is 4.64. The van der Waals surface area contributed by atoms with Crippen molar-refractivity contribution in [3.05, 3.63) is 48.0 Å². The molecule has 0 spiro atoms. The minimum atomic E-state index is -0.562. The van der Waals surface area contributed by atoms with Crippen LogP contribution in [0.5, 0.6) is 17.2 Å². The Labute approximate surface area is 186 Å². The van der Waals surface area contributed by atoms with Gasteiger partial charge in [-0.25, -0.2) is 0 Å². The Balaban J connectivity index is 1.51. The van der Waals surface area contributed by atoms with Gasteiger partial charge in [-0.05, 0) is 29.8 Å². The molecule has 1 unspecified atom stereocenters. The molecular formula is C23H27N3O6. The van der Waals surface area contributed by atoms with E-state index in [1.807, 2.05) is 24.3 Å². The van der Waals surface area contributed by atoms with Crippen molar-refractivity contribution in [1.82, 2.24) is 10.6 Å². The van der Waals surface area contributed by atoms with Gasteiger partial charge in [0, 0.05) is 25.6 Å². The van der Waals surface area contributed by atoms with Gasteiger partial charge >= 0.3 is 0 Å². The second-order valence-electron chi connectivity index (χ2n) is 7.29. The van der Waals surface area contributed by atoms with Crippen molar-refractivity contribution in [2.24, 2.45) is 5.92 Å². The fourth-order valence-electron chi connectivity index (χ4n) is 3.44. The van der Waals surface area contributed by atoms with Crippen LogP contribution in [0.4, 0.5) is 5.69 Å². The zero-order chi connectivity index (χ0) is 23.1. The highest BCUT2D eigenvalue weighted by molar-refractivity contribution is 6.01. The van der Waals surface area contributed by atoms with Crippen LogP contribution in [-0.4, -0.2) is 52.1 Å². The van der Waals surface area contributed by atoms with Gasteiger partial charge < -0.3 is 29.7 Å². The van der Waals surface area contributed by atoms with E-state index in [-0.39, 0.29) is 37.2 Å². The van der Waals surface area contributed by atoms with Crippen LogP contribution in [0.3, 0.4) is 0 Å². The van der Waals surface area contributed by atoms with Crippen LogP contribution in [0, 0.1) is 5.92 Å². The summed E-state index contributed by atoms with van der Waals surface area (Å²) in [6, 6.07) is 12.5. The summed E-state index contributed by atoms with van der Waals surface area (Å²) in [6.07, 6.45) is 0.0552. The molecule has 9 heteroatoms. The van der Waals surface area contributed by atoms with E-state index in [0.717, 1.165) is 11.3 Å². The maximum absolute atomic E-state index is 12.6. The molecule has 1 fully saturated rings. The second-order valence-corrected chi connectivity index (χ2v) is 7.29. The van der Waals surface area contributed by atoms with Crippen molar-refractivity contribution in [3.8, 4) is 17.2 Å². The topological polar surface area (TPSA) is 106 Å². The van der Waals surface area contributed by atoms with Crippen LogP contribution in [0.1, 0.15) is 12.0 Å². The molecule has 2 aromatic carbocycles. The largest absolute Gasteiger partial charge is 0.497 e. The van der Waals surface area contributed by atoms with Crippen LogP contribution in [0.15, 0.2) is 42.5 Å². The molecule has 9 nitrogen and oxygen atoms in total. The number of ether oxygens (including phenoxy) is 3. The fourth-order valence-corrected chi connectivity index (χ4v) is 3.44. The lowest BCUT2D eigenvalue weighted by atomic mass is 10.1. The van der Waals surface area contributed by atoms with E-state index in [1.54, 1.807) is 25.3 Å². The molecule has 1 heterocycles. The zero-order valence-corrected chi connectivity index (χ0v) is 18.3. The first kappa shape index (κ1) is 22.9. The van der Waals surface area contributed by atoms with Gasteiger partial charge in [-0.1, -0.05) is 12.1 Å². The minimum Gasteiger partial charge on any atom is -0.497 e. The van der Waals surface area contributed by atoms with Gasteiger partial charge in [0.25, 0.3) is 0 Å². The molecule has 0 aromatic heterocycles. The van der Waals surface area contributed by atoms with Gasteiger partial charge in [-0.3, -0.25) is 14.4 Å².